The van der Waals surface area contributed by atoms with Crippen molar-refractivity contribution < 1.29 is 14.3 Å². The Balaban J connectivity index is 1.73. The molecule has 1 aromatic carbocycles. The van der Waals surface area contributed by atoms with Crippen LogP contribution in [0.1, 0.15) is 16.2 Å². The van der Waals surface area contributed by atoms with Gasteiger partial charge in [-0.3, -0.25) is 14.3 Å². The van der Waals surface area contributed by atoms with Crippen LogP contribution in [0.25, 0.3) is 0 Å². The molecule has 0 saturated heterocycles. The number of imidazole rings is 1. The number of carbonyl (C=O) groups excluding carboxylic acids is 2. The molecule has 9 nitrogen and oxygen atoms in total. The lowest BCUT2D eigenvalue weighted by atomic mass is 10.1. The number of benzene rings is 1. The van der Waals surface area contributed by atoms with Crippen LogP contribution in [0.3, 0.4) is 0 Å². The second-order valence-electron chi connectivity index (χ2n) is 5.26. The predicted octanol–water partition coefficient (Wildman–Crippen LogP) is 0.890. The molecular weight excluding hydrogens is 324 g/mol. The smallest absolute Gasteiger partial charge is 0.245 e. The fourth-order valence-corrected chi connectivity index (χ4v) is 2.26. The molecule has 0 spiro atoms. The summed E-state index contributed by atoms with van der Waals surface area (Å²) in [5.41, 5.74) is 0.461. The average molecular weight is 340 g/mol. The van der Waals surface area contributed by atoms with Gasteiger partial charge in [0.15, 0.2) is 11.6 Å². The van der Waals surface area contributed by atoms with E-state index in [0.29, 0.717) is 17.1 Å². The fraction of sp³-hybridized carbons (Fsp3) is 0.188. The summed E-state index contributed by atoms with van der Waals surface area (Å²) in [7, 11) is 3.25. The van der Waals surface area contributed by atoms with Crippen LogP contribution < -0.4 is 10.1 Å². The largest absolute Gasteiger partial charge is 0.497 e. The van der Waals surface area contributed by atoms with Crippen molar-refractivity contribution in [1.29, 1.82) is 0 Å². The fourth-order valence-electron chi connectivity index (χ4n) is 2.26. The van der Waals surface area contributed by atoms with Crippen LogP contribution >= 0.6 is 0 Å². The molecule has 128 valence electrons. The Morgan fingerprint density at radius 3 is 2.64 bits per heavy atom. The zero-order valence-corrected chi connectivity index (χ0v) is 13.7. The maximum absolute atomic E-state index is 12.6. The minimum Gasteiger partial charge on any atom is -0.497 e. The van der Waals surface area contributed by atoms with Crippen LogP contribution in [0.5, 0.6) is 5.75 Å². The molecule has 0 saturated carbocycles. The zero-order valence-electron chi connectivity index (χ0n) is 13.7. The molecule has 25 heavy (non-hydrogen) atoms. The number of amides is 1. The molecule has 0 aliphatic rings. The summed E-state index contributed by atoms with van der Waals surface area (Å²) in [6.45, 7) is -0.0617. The second-order valence-corrected chi connectivity index (χ2v) is 5.26. The lowest BCUT2D eigenvalue weighted by Gasteiger charge is -2.07. The van der Waals surface area contributed by atoms with Gasteiger partial charge in [0.05, 0.1) is 13.3 Å². The second kappa shape index (κ2) is 6.95. The summed E-state index contributed by atoms with van der Waals surface area (Å²) in [4.78, 5) is 28.8. The first-order chi connectivity index (χ1) is 12.1. The molecule has 2 aromatic heterocycles. The van der Waals surface area contributed by atoms with Crippen LogP contribution in [-0.4, -0.2) is 43.3 Å². The Morgan fingerprint density at radius 1 is 1.24 bits per heavy atom. The molecule has 0 bridgehead atoms. The highest BCUT2D eigenvalue weighted by Gasteiger charge is 2.17. The normalized spacial score (nSPS) is 10.5. The van der Waals surface area contributed by atoms with Gasteiger partial charge in [-0.25, -0.2) is 4.98 Å². The maximum atomic E-state index is 12.6. The van der Waals surface area contributed by atoms with Crippen LogP contribution in [-0.2, 0) is 18.4 Å². The minimum absolute atomic E-state index is 0.0617. The zero-order chi connectivity index (χ0) is 17.8. The van der Waals surface area contributed by atoms with E-state index < -0.39 is 0 Å². The van der Waals surface area contributed by atoms with E-state index in [-0.39, 0.29) is 24.1 Å². The molecule has 9 heteroatoms. The molecular formula is C16H16N6O3. The van der Waals surface area contributed by atoms with E-state index in [1.807, 2.05) is 0 Å². The van der Waals surface area contributed by atoms with Gasteiger partial charge in [-0.1, -0.05) is 5.21 Å². The van der Waals surface area contributed by atoms with Crippen molar-refractivity contribution in [3.8, 4) is 5.75 Å². The number of methoxy groups -OCH3 is 1. The lowest BCUT2D eigenvalue weighted by molar-refractivity contribution is -0.116. The third kappa shape index (κ3) is 3.71. The van der Waals surface area contributed by atoms with Gasteiger partial charge < -0.3 is 14.6 Å². The Kier molecular flexibility index (Phi) is 4.55. The Hall–Kier alpha value is -3.49. The standard InChI is InChI=1S/C16H16N6O3/c1-21-9-13(19-20-21)18-14(23)10-22-8-7-17-16(22)15(24)11-3-5-12(25-2)6-4-11/h3-9H,10H2,1-2H3,(H,18,23). The number of ketones is 1. The van der Waals surface area contributed by atoms with Crippen molar-refractivity contribution in [1.82, 2.24) is 24.5 Å². The van der Waals surface area contributed by atoms with Gasteiger partial charge in [0, 0.05) is 25.0 Å². The molecule has 0 unspecified atom stereocenters. The molecule has 0 fully saturated rings. The van der Waals surface area contributed by atoms with Crippen LogP contribution in [0.15, 0.2) is 42.9 Å². The number of nitrogens with zero attached hydrogens (tertiary/aromatic N) is 5. The SMILES string of the molecule is COc1ccc(C(=O)c2nccn2CC(=O)Nc2cn(C)nn2)cc1. The molecule has 0 atom stereocenters. The molecule has 3 aromatic rings. The summed E-state index contributed by atoms with van der Waals surface area (Å²) >= 11 is 0. The molecule has 2 heterocycles. The monoisotopic (exact) mass is 340 g/mol. The molecule has 0 radical (unpaired) electrons. The van der Waals surface area contributed by atoms with Crippen molar-refractivity contribution >= 4 is 17.5 Å². The van der Waals surface area contributed by atoms with Crippen LogP contribution in [0, 0.1) is 0 Å². The summed E-state index contributed by atoms with van der Waals surface area (Å²) in [6, 6.07) is 6.70. The van der Waals surface area contributed by atoms with Crippen molar-refractivity contribution in [2.75, 3.05) is 12.4 Å². The topological polar surface area (TPSA) is 104 Å². The first kappa shape index (κ1) is 16.4. The van der Waals surface area contributed by atoms with Gasteiger partial charge >= 0.3 is 0 Å². The Morgan fingerprint density at radius 2 is 2.00 bits per heavy atom. The van der Waals surface area contributed by atoms with E-state index in [2.05, 4.69) is 20.6 Å². The van der Waals surface area contributed by atoms with Gasteiger partial charge in [-0.2, -0.15) is 0 Å². The Labute approximate surface area is 143 Å². The summed E-state index contributed by atoms with van der Waals surface area (Å²) < 4.78 is 8.04. The highest BCUT2D eigenvalue weighted by molar-refractivity contribution is 6.07. The lowest BCUT2D eigenvalue weighted by Crippen LogP contribution is -2.21. The highest BCUT2D eigenvalue weighted by atomic mass is 16.5. The number of anilines is 1. The van der Waals surface area contributed by atoms with Crippen molar-refractivity contribution in [2.24, 2.45) is 7.05 Å². The van der Waals surface area contributed by atoms with Crippen LogP contribution in [0.4, 0.5) is 5.82 Å². The van der Waals surface area contributed by atoms with E-state index in [0.717, 1.165) is 0 Å². The highest BCUT2D eigenvalue weighted by Crippen LogP contribution is 2.14. The van der Waals surface area contributed by atoms with E-state index in [9.17, 15) is 9.59 Å². The molecule has 1 N–H and O–H groups in total. The van der Waals surface area contributed by atoms with E-state index in [4.69, 9.17) is 4.74 Å². The van der Waals surface area contributed by atoms with Gasteiger partial charge in [0.2, 0.25) is 11.7 Å². The van der Waals surface area contributed by atoms with E-state index >= 15 is 0 Å². The Bertz CT molecular complexity index is 897. The number of hydrogen-bond acceptors (Lipinski definition) is 6. The van der Waals surface area contributed by atoms with E-state index in [1.165, 1.54) is 15.4 Å². The van der Waals surface area contributed by atoms with Crippen molar-refractivity contribution in [3.63, 3.8) is 0 Å². The number of hydrogen-bond donors (Lipinski definition) is 1. The van der Waals surface area contributed by atoms with Gasteiger partial charge in [0.1, 0.15) is 12.3 Å². The number of carbonyl (C=O) groups is 2. The van der Waals surface area contributed by atoms with Crippen molar-refractivity contribution in [3.05, 3.63) is 54.2 Å². The molecule has 0 aliphatic heterocycles. The predicted molar refractivity (Wildman–Crippen MR) is 88.3 cm³/mol. The maximum Gasteiger partial charge on any atom is 0.245 e. The minimum atomic E-state index is -0.331. The first-order valence-electron chi connectivity index (χ1n) is 7.43. The quantitative estimate of drug-likeness (QED) is 0.668. The number of ether oxygens (including phenoxy) is 1. The van der Waals surface area contributed by atoms with Gasteiger partial charge in [0.25, 0.3) is 0 Å². The van der Waals surface area contributed by atoms with Gasteiger partial charge in [-0.15, -0.1) is 5.10 Å². The van der Waals surface area contributed by atoms with Gasteiger partial charge in [-0.05, 0) is 24.3 Å². The third-order valence-corrected chi connectivity index (χ3v) is 3.45. The third-order valence-electron chi connectivity index (χ3n) is 3.45. The number of nitrogens with one attached hydrogen (secondary N) is 1. The summed E-state index contributed by atoms with van der Waals surface area (Å²) in [5, 5.41) is 10.1. The van der Waals surface area contributed by atoms with E-state index in [1.54, 1.807) is 50.8 Å². The average Bonchev–Trinajstić information content (AvgIpc) is 3.23. The number of rotatable bonds is 6. The molecule has 0 aliphatic carbocycles. The molecule has 3 rings (SSSR count). The number of aromatic nitrogens is 5. The summed E-state index contributed by atoms with van der Waals surface area (Å²) in [5.74, 6) is 0.570. The first-order valence-corrected chi connectivity index (χ1v) is 7.43. The summed E-state index contributed by atoms with van der Waals surface area (Å²) in [6.07, 6.45) is 4.63. The van der Waals surface area contributed by atoms with Crippen LogP contribution in [0.2, 0.25) is 0 Å². The van der Waals surface area contributed by atoms with Crippen molar-refractivity contribution in [2.45, 2.75) is 6.54 Å². The number of aryl methyl sites for hydroxylation is 1. The molecule has 1 amide bonds.